The first-order valence-corrected chi connectivity index (χ1v) is 17.6. The summed E-state index contributed by atoms with van der Waals surface area (Å²) in [6, 6.07) is 25.3. The van der Waals surface area contributed by atoms with Gasteiger partial charge in [0, 0.05) is 24.0 Å². The van der Waals surface area contributed by atoms with Gasteiger partial charge in [-0.1, -0.05) is 90.7 Å². The molecule has 1 aliphatic carbocycles. The fraction of sp³-hybridized carbons (Fsp3) is 0.297. The first kappa shape index (κ1) is 34.1. The van der Waals surface area contributed by atoms with Gasteiger partial charge in [-0.2, -0.15) is 0 Å². The summed E-state index contributed by atoms with van der Waals surface area (Å²) in [6.45, 7) is 3.02. The number of amides is 2. The molecule has 1 saturated carbocycles. The molecule has 4 aromatic rings. The van der Waals surface area contributed by atoms with Crippen molar-refractivity contribution in [2.24, 2.45) is 0 Å². The summed E-state index contributed by atoms with van der Waals surface area (Å²) in [4.78, 5) is 30.1. The molecule has 0 bridgehead atoms. The molecule has 2 amide bonds. The lowest BCUT2D eigenvalue weighted by Crippen LogP contribution is -2.54. The Hall–Kier alpha value is -4.21. The molecule has 0 saturated heterocycles. The lowest BCUT2D eigenvalue weighted by Gasteiger charge is -2.34. The van der Waals surface area contributed by atoms with Crippen LogP contribution in [0.2, 0.25) is 5.02 Å². The Morgan fingerprint density at radius 3 is 2.19 bits per heavy atom. The van der Waals surface area contributed by atoms with Crippen LogP contribution in [0.4, 0.5) is 10.1 Å². The van der Waals surface area contributed by atoms with Gasteiger partial charge in [0.05, 0.1) is 10.6 Å². The number of aryl methyl sites for hydroxylation is 2. The van der Waals surface area contributed by atoms with Gasteiger partial charge < -0.3 is 10.2 Å². The van der Waals surface area contributed by atoms with Crippen molar-refractivity contribution in [2.75, 3.05) is 10.8 Å². The van der Waals surface area contributed by atoms with Crippen LogP contribution in [0.1, 0.15) is 47.9 Å². The number of anilines is 1. The van der Waals surface area contributed by atoms with E-state index in [1.54, 1.807) is 43.3 Å². The molecule has 47 heavy (non-hydrogen) atoms. The van der Waals surface area contributed by atoms with E-state index in [-0.39, 0.29) is 35.5 Å². The lowest BCUT2D eigenvalue weighted by molar-refractivity contribution is -0.140. The fourth-order valence-electron chi connectivity index (χ4n) is 5.81. The number of rotatable bonds is 12. The van der Waals surface area contributed by atoms with Gasteiger partial charge in [-0.15, -0.1) is 0 Å². The Kier molecular flexibility index (Phi) is 11.0. The largest absolute Gasteiger partial charge is 0.352 e. The maximum Gasteiger partial charge on any atom is 0.264 e. The highest BCUT2D eigenvalue weighted by atomic mass is 35.5. The average molecular weight is 676 g/mol. The van der Waals surface area contributed by atoms with Gasteiger partial charge in [-0.3, -0.25) is 13.9 Å². The summed E-state index contributed by atoms with van der Waals surface area (Å²) >= 11 is 6.46. The third-order valence-electron chi connectivity index (χ3n) is 8.57. The second-order valence-electron chi connectivity index (χ2n) is 12.1. The molecule has 0 unspecified atom stereocenters. The lowest BCUT2D eigenvalue weighted by atomic mass is 10.0. The van der Waals surface area contributed by atoms with Gasteiger partial charge in [0.1, 0.15) is 18.4 Å². The molecule has 5 rings (SSSR count). The SMILES string of the molecule is Cc1ccc(S(=O)(=O)N(CC(=O)N(Cc2ccc(F)cc2)[C@@H](Cc2ccccc2)C(=O)NC2CCCC2)c2ccc(C)c(Cl)c2)cc1. The topological polar surface area (TPSA) is 86.8 Å². The number of hydrogen-bond acceptors (Lipinski definition) is 4. The van der Waals surface area contributed by atoms with Crippen molar-refractivity contribution < 1.29 is 22.4 Å². The molecular formula is C37H39ClFN3O4S. The van der Waals surface area contributed by atoms with Crippen molar-refractivity contribution in [1.29, 1.82) is 0 Å². The fourth-order valence-corrected chi connectivity index (χ4v) is 7.39. The van der Waals surface area contributed by atoms with Gasteiger partial charge in [0.15, 0.2) is 0 Å². The quantitative estimate of drug-likeness (QED) is 0.175. The number of nitrogens with zero attached hydrogens (tertiary/aromatic N) is 2. The van der Waals surface area contributed by atoms with E-state index < -0.39 is 34.3 Å². The van der Waals surface area contributed by atoms with Crippen LogP contribution < -0.4 is 9.62 Å². The second kappa shape index (κ2) is 15.1. The van der Waals surface area contributed by atoms with Crippen LogP contribution in [0.15, 0.2) is 102 Å². The maximum atomic E-state index is 14.6. The van der Waals surface area contributed by atoms with E-state index in [2.05, 4.69) is 5.32 Å². The third-order valence-corrected chi connectivity index (χ3v) is 10.8. The Morgan fingerprint density at radius 2 is 1.55 bits per heavy atom. The zero-order valence-electron chi connectivity index (χ0n) is 26.5. The summed E-state index contributed by atoms with van der Waals surface area (Å²) in [5, 5.41) is 3.49. The van der Waals surface area contributed by atoms with Crippen LogP contribution in [0, 0.1) is 19.7 Å². The van der Waals surface area contributed by atoms with Crippen LogP contribution in [0.3, 0.4) is 0 Å². The minimum absolute atomic E-state index is 0.00309. The predicted octanol–water partition coefficient (Wildman–Crippen LogP) is 6.99. The monoisotopic (exact) mass is 675 g/mol. The Morgan fingerprint density at radius 1 is 0.894 bits per heavy atom. The molecule has 10 heteroatoms. The molecule has 0 aromatic heterocycles. The molecule has 0 radical (unpaired) electrons. The zero-order chi connectivity index (χ0) is 33.6. The molecule has 1 aliphatic rings. The Balaban J connectivity index is 1.57. The standard InChI is InChI=1S/C37H39ClFN3O4S/c1-26-12-20-33(21-13-26)47(45,46)42(32-19-14-27(2)34(38)23-32)25-36(43)41(24-29-15-17-30(39)18-16-29)35(22-28-8-4-3-5-9-28)37(44)40-31-10-6-7-11-31/h3-5,8-9,12-21,23,31,35H,6-7,10-11,22,24-25H2,1-2H3,(H,40,44)/t35-/m0/s1. The van der Waals surface area contributed by atoms with E-state index >= 15 is 0 Å². The number of benzene rings is 4. The van der Waals surface area contributed by atoms with Crippen LogP contribution >= 0.6 is 11.6 Å². The second-order valence-corrected chi connectivity index (χ2v) is 14.4. The maximum absolute atomic E-state index is 14.6. The minimum Gasteiger partial charge on any atom is -0.352 e. The molecule has 0 heterocycles. The van der Waals surface area contributed by atoms with Crippen molar-refractivity contribution in [1.82, 2.24) is 10.2 Å². The molecule has 0 aliphatic heterocycles. The third kappa shape index (κ3) is 8.58. The number of halogens is 2. The van der Waals surface area contributed by atoms with Crippen molar-refractivity contribution >= 4 is 39.1 Å². The van der Waals surface area contributed by atoms with Crippen LogP contribution in [-0.2, 0) is 32.6 Å². The Bertz CT molecular complexity index is 1800. The molecule has 246 valence electrons. The van der Waals surface area contributed by atoms with Crippen molar-refractivity contribution in [3.05, 3.63) is 130 Å². The van der Waals surface area contributed by atoms with E-state index in [9.17, 15) is 22.4 Å². The normalized spacial score (nSPS) is 14.0. The van der Waals surface area contributed by atoms with Crippen molar-refractivity contribution in [3.63, 3.8) is 0 Å². The highest BCUT2D eigenvalue weighted by molar-refractivity contribution is 7.92. The van der Waals surface area contributed by atoms with E-state index in [0.29, 0.717) is 10.6 Å². The van der Waals surface area contributed by atoms with Crippen molar-refractivity contribution in [2.45, 2.75) is 69.5 Å². The smallest absolute Gasteiger partial charge is 0.264 e. The first-order valence-electron chi connectivity index (χ1n) is 15.7. The van der Waals surface area contributed by atoms with Gasteiger partial charge in [0.25, 0.3) is 10.0 Å². The molecule has 7 nitrogen and oxygen atoms in total. The minimum atomic E-state index is -4.25. The van der Waals surface area contributed by atoms with Crippen LogP contribution in [0.25, 0.3) is 0 Å². The molecule has 0 spiro atoms. The molecule has 1 fully saturated rings. The molecule has 1 N–H and O–H groups in total. The average Bonchev–Trinajstić information content (AvgIpc) is 3.57. The van der Waals surface area contributed by atoms with Crippen LogP contribution in [-0.4, -0.2) is 43.8 Å². The summed E-state index contributed by atoms with van der Waals surface area (Å²) in [5.41, 5.74) is 3.28. The number of carbonyl (C=O) groups is 2. The van der Waals surface area contributed by atoms with E-state index in [4.69, 9.17) is 11.6 Å². The molecule has 4 aromatic carbocycles. The number of hydrogen-bond donors (Lipinski definition) is 1. The van der Waals surface area contributed by atoms with Gasteiger partial charge in [0.2, 0.25) is 11.8 Å². The van der Waals surface area contributed by atoms with E-state index in [1.165, 1.54) is 35.2 Å². The summed E-state index contributed by atoms with van der Waals surface area (Å²) in [6.07, 6.45) is 3.93. The molecular weight excluding hydrogens is 637 g/mol. The van der Waals surface area contributed by atoms with Gasteiger partial charge in [-0.25, -0.2) is 12.8 Å². The molecule has 1 atom stereocenters. The highest BCUT2D eigenvalue weighted by Gasteiger charge is 2.35. The predicted molar refractivity (Wildman–Crippen MR) is 183 cm³/mol. The summed E-state index contributed by atoms with van der Waals surface area (Å²) in [5.74, 6) is -1.34. The number of nitrogens with one attached hydrogen (secondary N) is 1. The van der Waals surface area contributed by atoms with Gasteiger partial charge >= 0.3 is 0 Å². The highest BCUT2D eigenvalue weighted by Crippen LogP contribution is 2.29. The summed E-state index contributed by atoms with van der Waals surface area (Å²) < 4.78 is 43.4. The number of sulfonamides is 1. The number of carbonyl (C=O) groups excluding carboxylic acids is 2. The van der Waals surface area contributed by atoms with Crippen LogP contribution in [0.5, 0.6) is 0 Å². The van der Waals surface area contributed by atoms with Crippen molar-refractivity contribution in [3.8, 4) is 0 Å². The van der Waals surface area contributed by atoms with E-state index in [1.807, 2.05) is 37.3 Å². The summed E-state index contributed by atoms with van der Waals surface area (Å²) in [7, 11) is -4.25. The van der Waals surface area contributed by atoms with Gasteiger partial charge in [-0.05, 0) is 79.8 Å². The zero-order valence-corrected chi connectivity index (χ0v) is 28.1. The first-order chi connectivity index (χ1) is 22.5. The van der Waals surface area contributed by atoms with E-state index in [0.717, 1.165) is 46.7 Å². The Labute approximate surface area is 281 Å².